The molecule has 0 bridgehead atoms. The first-order chi connectivity index (χ1) is 10.7. The highest BCUT2D eigenvalue weighted by Crippen LogP contribution is 2.21. The van der Waals surface area contributed by atoms with Gasteiger partial charge in [-0.1, -0.05) is 24.3 Å². The molecule has 2 unspecified atom stereocenters. The molecule has 3 rings (SSSR count). The molecule has 1 saturated heterocycles. The summed E-state index contributed by atoms with van der Waals surface area (Å²) in [7, 11) is 1.99. The van der Waals surface area contributed by atoms with Gasteiger partial charge in [-0.2, -0.15) is 0 Å². The first-order valence-corrected chi connectivity index (χ1v) is 8.46. The minimum Gasteiger partial charge on any atom is -0.340 e. The lowest BCUT2D eigenvalue weighted by molar-refractivity contribution is -0.138. The van der Waals surface area contributed by atoms with Gasteiger partial charge in [0, 0.05) is 32.2 Å². The van der Waals surface area contributed by atoms with Gasteiger partial charge in [0.1, 0.15) is 0 Å². The molecule has 0 radical (unpaired) electrons. The quantitative estimate of drug-likeness (QED) is 0.922. The molecule has 2 aliphatic heterocycles. The molecule has 0 saturated carbocycles. The molecule has 1 aromatic rings. The van der Waals surface area contributed by atoms with Crippen LogP contribution < -0.4 is 5.32 Å². The van der Waals surface area contributed by atoms with Crippen molar-refractivity contribution in [1.82, 2.24) is 15.1 Å². The molecular weight excluding hydrogens is 274 g/mol. The summed E-state index contributed by atoms with van der Waals surface area (Å²) in [6.45, 7) is 5.70. The van der Waals surface area contributed by atoms with Crippen molar-refractivity contribution in [1.29, 1.82) is 0 Å². The van der Waals surface area contributed by atoms with Crippen molar-refractivity contribution in [2.24, 2.45) is 0 Å². The van der Waals surface area contributed by atoms with Crippen LogP contribution in [-0.2, 0) is 17.8 Å². The second kappa shape index (κ2) is 6.80. The number of carbonyl (C=O) groups excluding carboxylic acids is 1. The predicted octanol–water partition coefficient (Wildman–Crippen LogP) is 1.64. The smallest absolute Gasteiger partial charge is 0.239 e. The number of rotatable bonds is 3. The normalized spacial score (nSPS) is 23.9. The number of likely N-dealkylation sites (N-methyl/N-ethyl adjacent to an activating group) is 1. The van der Waals surface area contributed by atoms with Crippen molar-refractivity contribution in [2.45, 2.75) is 44.8 Å². The summed E-state index contributed by atoms with van der Waals surface area (Å²) < 4.78 is 0. The number of fused-ring (bicyclic) bond motifs is 1. The third-order valence-corrected chi connectivity index (χ3v) is 5.21. The Morgan fingerprint density at radius 3 is 2.82 bits per heavy atom. The van der Waals surface area contributed by atoms with Gasteiger partial charge in [-0.3, -0.25) is 9.69 Å². The van der Waals surface area contributed by atoms with E-state index >= 15 is 0 Å². The van der Waals surface area contributed by atoms with Gasteiger partial charge < -0.3 is 10.2 Å². The Labute approximate surface area is 133 Å². The number of piperidine rings is 1. The summed E-state index contributed by atoms with van der Waals surface area (Å²) in [5, 5.41) is 3.31. The van der Waals surface area contributed by atoms with Crippen LogP contribution in [0.5, 0.6) is 0 Å². The summed E-state index contributed by atoms with van der Waals surface area (Å²) >= 11 is 0. The summed E-state index contributed by atoms with van der Waals surface area (Å²) in [4.78, 5) is 17.2. The maximum atomic E-state index is 12.8. The maximum Gasteiger partial charge on any atom is 0.239 e. The number of hydrogen-bond donors (Lipinski definition) is 1. The van der Waals surface area contributed by atoms with E-state index in [1.807, 2.05) is 7.05 Å². The molecule has 22 heavy (non-hydrogen) atoms. The van der Waals surface area contributed by atoms with Gasteiger partial charge in [0.15, 0.2) is 0 Å². The summed E-state index contributed by atoms with van der Waals surface area (Å²) in [6.07, 6.45) is 3.32. The van der Waals surface area contributed by atoms with E-state index in [1.54, 1.807) is 0 Å². The Kier molecular flexibility index (Phi) is 4.79. The van der Waals surface area contributed by atoms with E-state index in [4.69, 9.17) is 0 Å². The van der Waals surface area contributed by atoms with E-state index in [-0.39, 0.29) is 6.04 Å². The fraction of sp³-hybridized carbons (Fsp3) is 0.611. The average molecular weight is 301 g/mol. The average Bonchev–Trinajstić information content (AvgIpc) is 2.60. The van der Waals surface area contributed by atoms with Crippen LogP contribution in [0.3, 0.4) is 0 Å². The summed E-state index contributed by atoms with van der Waals surface area (Å²) in [5.41, 5.74) is 2.81. The highest BCUT2D eigenvalue weighted by molar-refractivity contribution is 5.81. The highest BCUT2D eigenvalue weighted by atomic mass is 16.2. The van der Waals surface area contributed by atoms with Crippen LogP contribution in [0.4, 0.5) is 0 Å². The largest absolute Gasteiger partial charge is 0.340 e. The summed E-state index contributed by atoms with van der Waals surface area (Å²) in [6, 6.07) is 9.03. The number of hydrogen-bond acceptors (Lipinski definition) is 3. The monoisotopic (exact) mass is 301 g/mol. The molecule has 2 atom stereocenters. The molecule has 1 fully saturated rings. The summed E-state index contributed by atoms with van der Waals surface area (Å²) in [5.74, 6) is 0.291. The Bertz CT molecular complexity index is 531. The van der Waals surface area contributed by atoms with Crippen LogP contribution in [0.25, 0.3) is 0 Å². The molecule has 4 heteroatoms. The van der Waals surface area contributed by atoms with Gasteiger partial charge >= 0.3 is 0 Å². The first-order valence-electron chi connectivity index (χ1n) is 8.46. The molecule has 0 spiro atoms. The van der Waals surface area contributed by atoms with Crippen molar-refractivity contribution in [2.75, 3.05) is 26.7 Å². The number of likely N-dealkylation sites (tertiary alicyclic amines) is 1. The lowest BCUT2D eigenvalue weighted by Crippen LogP contribution is -2.53. The van der Waals surface area contributed by atoms with Crippen LogP contribution in [0.2, 0.25) is 0 Å². The third-order valence-electron chi connectivity index (χ3n) is 5.21. The molecule has 0 aliphatic carbocycles. The number of nitrogens with one attached hydrogen (secondary N) is 1. The van der Waals surface area contributed by atoms with Crippen molar-refractivity contribution in [3.8, 4) is 0 Å². The Balaban J connectivity index is 1.64. The maximum absolute atomic E-state index is 12.8. The molecule has 2 heterocycles. The van der Waals surface area contributed by atoms with Gasteiger partial charge in [-0.05, 0) is 44.4 Å². The zero-order chi connectivity index (χ0) is 15.5. The number of carbonyl (C=O) groups is 1. The van der Waals surface area contributed by atoms with E-state index in [0.717, 1.165) is 39.0 Å². The van der Waals surface area contributed by atoms with Gasteiger partial charge in [-0.15, -0.1) is 0 Å². The minimum absolute atomic E-state index is 0.0241. The number of amides is 1. The van der Waals surface area contributed by atoms with E-state index in [9.17, 15) is 4.79 Å². The Morgan fingerprint density at radius 1 is 1.27 bits per heavy atom. The van der Waals surface area contributed by atoms with Crippen molar-refractivity contribution in [3.63, 3.8) is 0 Å². The van der Waals surface area contributed by atoms with Gasteiger partial charge in [0.25, 0.3) is 0 Å². The fourth-order valence-electron chi connectivity index (χ4n) is 3.68. The molecule has 1 amide bonds. The second-order valence-corrected chi connectivity index (χ2v) is 6.58. The zero-order valence-electron chi connectivity index (χ0n) is 13.7. The Hall–Kier alpha value is -1.39. The first kappa shape index (κ1) is 15.5. The molecular formula is C18H27N3O. The lowest BCUT2D eigenvalue weighted by Gasteiger charge is -2.38. The SMILES string of the molecule is CNC1CCCN(C(=O)C(C)N2CCc3ccccc3C2)C1. The zero-order valence-corrected chi connectivity index (χ0v) is 13.7. The molecule has 1 aromatic carbocycles. The number of nitrogens with zero attached hydrogens (tertiary/aromatic N) is 2. The Morgan fingerprint density at radius 2 is 2.05 bits per heavy atom. The van der Waals surface area contributed by atoms with E-state index < -0.39 is 0 Å². The predicted molar refractivity (Wildman–Crippen MR) is 88.7 cm³/mol. The van der Waals surface area contributed by atoms with E-state index in [0.29, 0.717) is 11.9 Å². The van der Waals surface area contributed by atoms with Crippen molar-refractivity contribution in [3.05, 3.63) is 35.4 Å². The van der Waals surface area contributed by atoms with Gasteiger partial charge in [0.05, 0.1) is 6.04 Å². The van der Waals surface area contributed by atoms with Crippen LogP contribution in [0.1, 0.15) is 30.9 Å². The standard InChI is InChI=1S/C18H27N3O/c1-14(18(22)21-10-5-8-17(13-21)19-2)20-11-9-15-6-3-4-7-16(15)12-20/h3-4,6-7,14,17,19H,5,8-13H2,1-2H3. The second-order valence-electron chi connectivity index (χ2n) is 6.58. The fourth-order valence-corrected chi connectivity index (χ4v) is 3.68. The third kappa shape index (κ3) is 3.18. The molecule has 2 aliphatic rings. The van der Waals surface area contributed by atoms with Gasteiger partial charge in [-0.25, -0.2) is 0 Å². The van der Waals surface area contributed by atoms with Crippen LogP contribution >= 0.6 is 0 Å². The molecule has 4 nitrogen and oxygen atoms in total. The van der Waals surface area contributed by atoms with Crippen LogP contribution in [0.15, 0.2) is 24.3 Å². The molecule has 0 aromatic heterocycles. The highest BCUT2D eigenvalue weighted by Gasteiger charge is 2.30. The van der Waals surface area contributed by atoms with Crippen molar-refractivity contribution >= 4 is 5.91 Å². The van der Waals surface area contributed by atoms with Crippen molar-refractivity contribution < 1.29 is 4.79 Å². The number of benzene rings is 1. The molecule has 120 valence electrons. The van der Waals surface area contributed by atoms with Crippen LogP contribution in [0, 0.1) is 0 Å². The lowest BCUT2D eigenvalue weighted by atomic mass is 9.98. The van der Waals surface area contributed by atoms with E-state index in [2.05, 4.69) is 46.3 Å². The van der Waals surface area contributed by atoms with Crippen LogP contribution in [-0.4, -0.2) is 54.5 Å². The minimum atomic E-state index is -0.0241. The topological polar surface area (TPSA) is 35.6 Å². The molecule has 1 N–H and O–H groups in total. The van der Waals surface area contributed by atoms with Gasteiger partial charge in [0.2, 0.25) is 5.91 Å². The van der Waals surface area contributed by atoms with E-state index in [1.165, 1.54) is 17.5 Å².